The monoisotopic (exact) mass is 254 g/mol. The molecule has 2 unspecified atom stereocenters. The van der Waals surface area contributed by atoms with E-state index in [1.54, 1.807) is 0 Å². The molecule has 2 aliphatic rings. The van der Waals surface area contributed by atoms with Crippen LogP contribution in [0.2, 0.25) is 0 Å². The molecule has 1 N–H and O–H groups in total. The van der Waals surface area contributed by atoms with E-state index in [4.69, 9.17) is 4.74 Å². The second-order valence-corrected chi connectivity index (χ2v) is 6.38. The van der Waals surface area contributed by atoms with Crippen molar-refractivity contribution in [2.45, 2.75) is 64.6 Å². The molecule has 0 bridgehead atoms. The van der Waals surface area contributed by atoms with Gasteiger partial charge >= 0.3 is 0 Å². The first-order valence-corrected chi connectivity index (χ1v) is 7.75. The Morgan fingerprint density at radius 3 is 2.56 bits per heavy atom. The van der Waals surface area contributed by atoms with Gasteiger partial charge in [-0.15, -0.1) is 0 Å². The van der Waals surface area contributed by atoms with Crippen LogP contribution >= 0.6 is 0 Å². The van der Waals surface area contributed by atoms with Crippen LogP contribution in [0.3, 0.4) is 0 Å². The molecule has 0 aromatic carbocycles. The van der Waals surface area contributed by atoms with E-state index < -0.39 is 0 Å². The Balaban J connectivity index is 1.65. The number of hydrogen-bond acceptors (Lipinski definition) is 3. The zero-order valence-corrected chi connectivity index (χ0v) is 12.3. The summed E-state index contributed by atoms with van der Waals surface area (Å²) in [4.78, 5) is 2.65. The summed E-state index contributed by atoms with van der Waals surface area (Å²) in [5, 5.41) is 3.59. The molecule has 1 heterocycles. The lowest BCUT2D eigenvalue weighted by Crippen LogP contribution is -2.46. The predicted molar refractivity (Wildman–Crippen MR) is 75.9 cm³/mol. The third kappa shape index (κ3) is 4.52. The molecule has 0 spiro atoms. The van der Waals surface area contributed by atoms with Crippen LogP contribution in [0.5, 0.6) is 0 Å². The first-order chi connectivity index (χ1) is 8.66. The summed E-state index contributed by atoms with van der Waals surface area (Å²) in [6.45, 7) is 11.4. The molecule has 3 heteroatoms. The quantitative estimate of drug-likeness (QED) is 0.719. The van der Waals surface area contributed by atoms with Gasteiger partial charge in [0.1, 0.15) is 0 Å². The average molecular weight is 254 g/mol. The molecule has 0 radical (unpaired) electrons. The van der Waals surface area contributed by atoms with Crippen LogP contribution < -0.4 is 5.32 Å². The maximum atomic E-state index is 5.64. The van der Waals surface area contributed by atoms with E-state index in [0.717, 1.165) is 25.6 Å². The Morgan fingerprint density at radius 2 is 2.00 bits per heavy atom. The summed E-state index contributed by atoms with van der Waals surface area (Å²) >= 11 is 0. The third-order valence-electron chi connectivity index (χ3n) is 4.23. The van der Waals surface area contributed by atoms with Gasteiger partial charge in [-0.3, -0.25) is 4.90 Å². The molecule has 106 valence electrons. The first-order valence-electron chi connectivity index (χ1n) is 7.75. The van der Waals surface area contributed by atoms with E-state index in [0.29, 0.717) is 18.2 Å². The smallest absolute Gasteiger partial charge is 0.0700 e. The Hall–Kier alpha value is -0.120. The molecule has 2 rings (SSSR count). The summed E-state index contributed by atoms with van der Waals surface area (Å²) in [6.07, 6.45) is 5.82. The molecule has 2 fully saturated rings. The highest BCUT2D eigenvalue weighted by Crippen LogP contribution is 2.30. The van der Waals surface area contributed by atoms with Gasteiger partial charge in [0.05, 0.1) is 6.10 Å². The van der Waals surface area contributed by atoms with Crippen molar-refractivity contribution in [1.29, 1.82) is 0 Å². The van der Waals surface area contributed by atoms with Crippen LogP contribution in [0.15, 0.2) is 0 Å². The highest BCUT2D eigenvalue weighted by molar-refractivity contribution is 4.82. The fourth-order valence-corrected chi connectivity index (χ4v) is 2.87. The largest absolute Gasteiger partial charge is 0.377 e. The van der Waals surface area contributed by atoms with E-state index in [2.05, 4.69) is 31.0 Å². The fourth-order valence-electron chi connectivity index (χ4n) is 2.87. The van der Waals surface area contributed by atoms with Gasteiger partial charge in [-0.1, -0.05) is 0 Å². The van der Waals surface area contributed by atoms with Crippen LogP contribution in [-0.4, -0.2) is 49.3 Å². The van der Waals surface area contributed by atoms with Crippen molar-refractivity contribution in [2.24, 2.45) is 5.92 Å². The van der Waals surface area contributed by atoms with Crippen LogP contribution in [0.25, 0.3) is 0 Å². The summed E-state index contributed by atoms with van der Waals surface area (Å²) in [6, 6.07) is 1.29. The second kappa shape index (κ2) is 6.88. The minimum absolute atomic E-state index is 0.466. The summed E-state index contributed by atoms with van der Waals surface area (Å²) in [5.74, 6) is 0.980. The number of ether oxygens (including phenoxy) is 1. The standard InChI is InChI=1S/C15H30N2O/c1-12(2)17(11-14-6-7-14)13(3)9-16-10-15-5-4-8-18-15/h12-16H,4-11H2,1-3H3. The van der Waals surface area contributed by atoms with Gasteiger partial charge in [-0.2, -0.15) is 0 Å². The lowest BCUT2D eigenvalue weighted by atomic mass is 10.2. The highest BCUT2D eigenvalue weighted by Gasteiger charge is 2.27. The molecule has 18 heavy (non-hydrogen) atoms. The van der Waals surface area contributed by atoms with E-state index in [1.165, 1.54) is 32.2 Å². The van der Waals surface area contributed by atoms with Crippen molar-refractivity contribution in [3.8, 4) is 0 Å². The fraction of sp³-hybridized carbons (Fsp3) is 1.00. The van der Waals surface area contributed by atoms with Crippen molar-refractivity contribution >= 4 is 0 Å². The number of hydrogen-bond donors (Lipinski definition) is 1. The Bertz CT molecular complexity index is 235. The molecule has 0 aromatic heterocycles. The van der Waals surface area contributed by atoms with Crippen molar-refractivity contribution < 1.29 is 4.74 Å². The highest BCUT2D eigenvalue weighted by atomic mass is 16.5. The molecular weight excluding hydrogens is 224 g/mol. The molecule has 2 atom stereocenters. The van der Waals surface area contributed by atoms with Crippen LogP contribution in [-0.2, 0) is 4.74 Å². The minimum atomic E-state index is 0.466. The lowest BCUT2D eigenvalue weighted by Gasteiger charge is -2.33. The van der Waals surface area contributed by atoms with Gasteiger partial charge in [0.15, 0.2) is 0 Å². The van der Waals surface area contributed by atoms with E-state index >= 15 is 0 Å². The maximum absolute atomic E-state index is 5.64. The molecule has 1 aliphatic carbocycles. The topological polar surface area (TPSA) is 24.5 Å². The van der Waals surface area contributed by atoms with Gasteiger partial charge in [-0.25, -0.2) is 0 Å². The van der Waals surface area contributed by atoms with Crippen LogP contribution in [0, 0.1) is 5.92 Å². The third-order valence-corrected chi connectivity index (χ3v) is 4.23. The predicted octanol–water partition coefficient (Wildman–Crippen LogP) is 2.26. The number of nitrogens with zero attached hydrogens (tertiary/aromatic N) is 1. The summed E-state index contributed by atoms with van der Waals surface area (Å²) < 4.78 is 5.64. The lowest BCUT2D eigenvalue weighted by molar-refractivity contribution is 0.104. The molecule has 1 saturated carbocycles. The summed E-state index contributed by atoms with van der Waals surface area (Å²) in [7, 11) is 0. The molecule has 0 aromatic rings. The zero-order chi connectivity index (χ0) is 13.0. The van der Waals surface area contributed by atoms with Crippen molar-refractivity contribution in [2.75, 3.05) is 26.2 Å². The maximum Gasteiger partial charge on any atom is 0.0700 e. The number of rotatable bonds is 8. The number of nitrogens with one attached hydrogen (secondary N) is 1. The van der Waals surface area contributed by atoms with Gasteiger partial charge < -0.3 is 10.1 Å². The van der Waals surface area contributed by atoms with Crippen LogP contribution in [0.1, 0.15) is 46.5 Å². The Kier molecular flexibility index (Phi) is 5.46. The molecule has 1 aliphatic heterocycles. The van der Waals surface area contributed by atoms with Crippen molar-refractivity contribution in [3.63, 3.8) is 0 Å². The second-order valence-electron chi connectivity index (χ2n) is 6.38. The molecule has 3 nitrogen and oxygen atoms in total. The Morgan fingerprint density at radius 1 is 1.22 bits per heavy atom. The summed E-state index contributed by atoms with van der Waals surface area (Å²) in [5.41, 5.74) is 0. The van der Waals surface area contributed by atoms with E-state index in [-0.39, 0.29) is 0 Å². The molecule has 0 amide bonds. The molecule has 1 saturated heterocycles. The first kappa shape index (κ1) is 14.3. The van der Waals surface area contributed by atoms with E-state index in [9.17, 15) is 0 Å². The van der Waals surface area contributed by atoms with Gasteiger partial charge in [0, 0.05) is 38.3 Å². The normalized spacial score (nSPS) is 26.2. The van der Waals surface area contributed by atoms with Gasteiger partial charge in [-0.05, 0) is 52.4 Å². The van der Waals surface area contributed by atoms with Crippen molar-refractivity contribution in [1.82, 2.24) is 10.2 Å². The van der Waals surface area contributed by atoms with Crippen molar-refractivity contribution in [3.05, 3.63) is 0 Å². The Labute approximate surface area is 112 Å². The molecular formula is C15H30N2O. The van der Waals surface area contributed by atoms with Gasteiger partial charge in [0.2, 0.25) is 0 Å². The average Bonchev–Trinajstić information content (AvgIpc) is 3.01. The van der Waals surface area contributed by atoms with Gasteiger partial charge in [0.25, 0.3) is 0 Å². The SMILES string of the molecule is CC(C)N(CC1CC1)C(C)CNCC1CCCO1. The minimum Gasteiger partial charge on any atom is -0.377 e. The zero-order valence-electron chi connectivity index (χ0n) is 12.3. The van der Waals surface area contributed by atoms with Crippen LogP contribution in [0.4, 0.5) is 0 Å². The van der Waals surface area contributed by atoms with E-state index in [1.807, 2.05) is 0 Å².